The number of fused-ring (bicyclic) bond motifs is 1. The van der Waals surface area contributed by atoms with Gasteiger partial charge in [-0.1, -0.05) is 30.3 Å². The van der Waals surface area contributed by atoms with Crippen LogP contribution < -0.4 is 5.32 Å². The van der Waals surface area contributed by atoms with Crippen LogP contribution in [0.2, 0.25) is 0 Å². The molecule has 0 amide bonds. The van der Waals surface area contributed by atoms with Crippen LogP contribution in [-0.4, -0.2) is 4.98 Å². The first-order valence-corrected chi connectivity index (χ1v) is 8.79. The van der Waals surface area contributed by atoms with Crippen LogP contribution in [0.15, 0.2) is 66.2 Å². The van der Waals surface area contributed by atoms with E-state index in [1.807, 2.05) is 16.8 Å². The van der Waals surface area contributed by atoms with E-state index in [9.17, 15) is 0 Å². The molecule has 0 bridgehead atoms. The van der Waals surface area contributed by atoms with E-state index in [1.54, 1.807) is 11.3 Å². The third-order valence-corrected chi connectivity index (χ3v) is 5.44. The average molecular weight is 322 g/mol. The maximum atomic E-state index is 4.31. The molecule has 0 aliphatic rings. The Morgan fingerprint density at radius 3 is 2.77 bits per heavy atom. The maximum Gasteiger partial charge on any atom is 0.0813 e. The van der Waals surface area contributed by atoms with Crippen LogP contribution in [0.25, 0.3) is 20.7 Å². The van der Waals surface area contributed by atoms with E-state index < -0.39 is 0 Å². The second-order valence-corrected chi connectivity index (χ2v) is 7.08. The van der Waals surface area contributed by atoms with E-state index in [1.165, 1.54) is 20.0 Å². The lowest BCUT2D eigenvalue weighted by Gasteiger charge is -2.04. The van der Waals surface area contributed by atoms with E-state index in [4.69, 9.17) is 0 Å². The van der Waals surface area contributed by atoms with Crippen LogP contribution in [0.4, 0.5) is 5.69 Å². The molecule has 0 aliphatic carbocycles. The number of nitrogens with one attached hydrogen (secondary N) is 1. The number of benzene rings is 2. The van der Waals surface area contributed by atoms with E-state index >= 15 is 0 Å². The molecule has 4 aromatic rings. The van der Waals surface area contributed by atoms with Crippen molar-refractivity contribution in [2.75, 3.05) is 5.32 Å². The number of hydrogen-bond acceptors (Lipinski definition) is 4. The monoisotopic (exact) mass is 322 g/mol. The quantitative estimate of drug-likeness (QED) is 0.526. The van der Waals surface area contributed by atoms with Gasteiger partial charge in [-0.3, -0.25) is 0 Å². The van der Waals surface area contributed by atoms with E-state index in [2.05, 4.69) is 71.0 Å². The molecule has 2 aromatic heterocycles. The van der Waals surface area contributed by atoms with Gasteiger partial charge in [0.1, 0.15) is 0 Å². The summed E-state index contributed by atoms with van der Waals surface area (Å²) in [6.45, 7) is 0.849. The Morgan fingerprint density at radius 2 is 1.86 bits per heavy atom. The largest absolute Gasteiger partial charge is 0.380 e. The lowest BCUT2D eigenvalue weighted by Crippen LogP contribution is -1.96. The predicted molar refractivity (Wildman–Crippen MR) is 96.7 cm³/mol. The van der Waals surface area contributed by atoms with E-state index in [0.29, 0.717) is 0 Å². The smallest absolute Gasteiger partial charge is 0.0813 e. The molecule has 2 heterocycles. The number of nitrogens with zero attached hydrogens (tertiary/aromatic N) is 1. The summed E-state index contributed by atoms with van der Waals surface area (Å²) in [6, 6.07) is 21.2. The van der Waals surface area contributed by atoms with Gasteiger partial charge in [0, 0.05) is 22.0 Å². The zero-order chi connectivity index (χ0) is 14.8. The first-order chi connectivity index (χ1) is 10.9. The molecule has 2 nitrogen and oxygen atoms in total. The molecule has 0 atom stereocenters. The van der Waals surface area contributed by atoms with Crippen LogP contribution >= 0.6 is 22.7 Å². The topological polar surface area (TPSA) is 24.9 Å². The molecule has 0 unspecified atom stereocenters. The summed E-state index contributed by atoms with van der Waals surface area (Å²) in [6.07, 6.45) is 0. The third kappa shape index (κ3) is 2.75. The van der Waals surface area contributed by atoms with Crippen molar-refractivity contribution >= 4 is 38.6 Å². The van der Waals surface area contributed by atoms with Crippen molar-refractivity contribution in [3.05, 3.63) is 71.1 Å². The number of thiazole rings is 1. The molecular formula is C18H14N2S2. The van der Waals surface area contributed by atoms with Gasteiger partial charge in [-0.2, -0.15) is 0 Å². The molecular weight excluding hydrogens is 308 g/mol. The molecule has 1 N–H and O–H groups in total. The van der Waals surface area contributed by atoms with Gasteiger partial charge in [0.25, 0.3) is 0 Å². The summed E-state index contributed by atoms with van der Waals surface area (Å²) < 4.78 is 1.22. The summed E-state index contributed by atoms with van der Waals surface area (Å²) in [5.74, 6) is 0. The lowest BCUT2D eigenvalue weighted by atomic mass is 10.2. The molecule has 22 heavy (non-hydrogen) atoms. The lowest BCUT2D eigenvalue weighted by molar-refractivity contribution is 1.20. The van der Waals surface area contributed by atoms with Crippen LogP contribution in [-0.2, 0) is 6.54 Å². The van der Waals surface area contributed by atoms with Crippen molar-refractivity contribution in [3.63, 3.8) is 0 Å². The third-order valence-electron chi connectivity index (χ3n) is 3.52. The van der Waals surface area contributed by atoms with Crippen molar-refractivity contribution in [1.82, 2.24) is 4.98 Å². The minimum absolute atomic E-state index is 0.849. The normalized spacial score (nSPS) is 10.9. The highest BCUT2D eigenvalue weighted by atomic mass is 32.1. The Kier molecular flexibility index (Phi) is 3.62. The Morgan fingerprint density at radius 1 is 0.955 bits per heavy atom. The molecule has 0 spiro atoms. The molecule has 0 radical (unpaired) electrons. The van der Waals surface area contributed by atoms with Crippen LogP contribution in [0.3, 0.4) is 0 Å². The summed E-state index contributed by atoms with van der Waals surface area (Å²) >= 11 is 3.51. The van der Waals surface area contributed by atoms with Gasteiger partial charge < -0.3 is 5.32 Å². The Labute approximate surface area is 137 Å². The number of anilines is 1. The van der Waals surface area contributed by atoms with Crippen molar-refractivity contribution in [2.24, 2.45) is 0 Å². The second kappa shape index (κ2) is 5.91. The van der Waals surface area contributed by atoms with Crippen molar-refractivity contribution in [1.29, 1.82) is 0 Å². The van der Waals surface area contributed by atoms with Gasteiger partial charge >= 0.3 is 0 Å². The Bertz CT molecular complexity index is 894. The van der Waals surface area contributed by atoms with Crippen molar-refractivity contribution < 1.29 is 0 Å². The summed E-state index contributed by atoms with van der Waals surface area (Å²) in [4.78, 5) is 6.96. The van der Waals surface area contributed by atoms with Gasteiger partial charge in [0.2, 0.25) is 0 Å². The highest BCUT2D eigenvalue weighted by Gasteiger charge is 2.03. The summed E-state index contributed by atoms with van der Waals surface area (Å²) in [5.41, 5.74) is 5.38. The fourth-order valence-electron chi connectivity index (χ4n) is 2.38. The fourth-order valence-corrected chi connectivity index (χ4v) is 4.05. The van der Waals surface area contributed by atoms with Gasteiger partial charge in [-0.15, -0.1) is 22.7 Å². The molecule has 0 fully saturated rings. The molecule has 108 valence electrons. The number of hydrogen-bond donors (Lipinski definition) is 1. The number of aromatic nitrogens is 1. The molecule has 4 heteroatoms. The fraction of sp³-hybridized carbons (Fsp3) is 0.0556. The van der Waals surface area contributed by atoms with E-state index in [0.717, 1.165) is 17.7 Å². The van der Waals surface area contributed by atoms with Crippen LogP contribution in [0.5, 0.6) is 0 Å². The number of thiophene rings is 1. The van der Waals surface area contributed by atoms with E-state index in [-0.39, 0.29) is 0 Å². The molecule has 0 saturated heterocycles. The summed E-state index contributed by atoms with van der Waals surface area (Å²) in [7, 11) is 0. The highest BCUT2D eigenvalue weighted by Crippen LogP contribution is 2.29. The zero-order valence-corrected chi connectivity index (χ0v) is 13.5. The SMILES string of the molecule is c1ccc(-c2ccc(CNc3ccc4ncsc4c3)s2)cc1. The predicted octanol–water partition coefficient (Wildman–Crippen LogP) is 5.64. The minimum Gasteiger partial charge on any atom is -0.380 e. The molecule has 0 saturated carbocycles. The van der Waals surface area contributed by atoms with Gasteiger partial charge in [-0.25, -0.2) is 4.98 Å². The first-order valence-electron chi connectivity index (χ1n) is 7.10. The van der Waals surface area contributed by atoms with Crippen molar-refractivity contribution in [2.45, 2.75) is 6.54 Å². The first kappa shape index (κ1) is 13.5. The molecule has 0 aliphatic heterocycles. The molecule has 2 aromatic carbocycles. The van der Waals surface area contributed by atoms with Gasteiger partial charge in [0.15, 0.2) is 0 Å². The van der Waals surface area contributed by atoms with Crippen LogP contribution in [0.1, 0.15) is 4.88 Å². The summed E-state index contributed by atoms with van der Waals surface area (Å²) in [5, 5.41) is 3.50. The Hall–Kier alpha value is -2.17. The van der Waals surface area contributed by atoms with Crippen molar-refractivity contribution in [3.8, 4) is 10.4 Å². The number of rotatable bonds is 4. The van der Waals surface area contributed by atoms with Gasteiger partial charge in [-0.05, 0) is 35.9 Å². The average Bonchev–Trinajstić information content (AvgIpc) is 3.22. The second-order valence-electron chi connectivity index (χ2n) is 5.02. The zero-order valence-electron chi connectivity index (χ0n) is 11.8. The minimum atomic E-state index is 0.849. The molecule has 4 rings (SSSR count). The maximum absolute atomic E-state index is 4.31. The highest BCUT2D eigenvalue weighted by molar-refractivity contribution is 7.16. The van der Waals surface area contributed by atoms with Crippen LogP contribution in [0, 0.1) is 0 Å². The standard InChI is InChI=1S/C18H14N2S2/c1-2-4-13(5-3-1)17-9-7-15(22-17)11-19-14-6-8-16-18(10-14)21-12-20-16/h1-10,12,19H,11H2. The van der Waals surface area contributed by atoms with Gasteiger partial charge in [0.05, 0.1) is 15.7 Å². The Balaban J connectivity index is 1.48.